The van der Waals surface area contributed by atoms with Crippen molar-refractivity contribution in [3.05, 3.63) is 48.5 Å². The Hall–Kier alpha value is -5.13. The Morgan fingerprint density at radius 2 is 0.444 bits per heavy atom. The standard InChI is InChI=1S/C48H70O13Si2/c1-13-49-33-25-37(53-17-5)45(57-21-9)41(29-33)62(42-30-34(50-14-2)26-38(54-18-6)46(42)58-22-10)61-63(43-31-35(51-15-3)27-39(55-19-7)47(43)59-23-11)44-32-36(52-16-4)28-40(56-20-8)48(44)60-24-12/h25-32,62-63H,13-24H2,1-12H3. The van der Waals surface area contributed by atoms with E-state index in [0.717, 1.165) is 20.7 Å². The number of hydrogen-bond acceptors (Lipinski definition) is 13. The zero-order valence-electron chi connectivity index (χ0n) is 39.6. The summed E-state index contributed by atoms with van der Waals surface area (Å²) in [5.41, 5.74) is 0. The van der Waals surface area contributed by atoms with Crippen molar-refractivity contribution >= 4 is 38.8 Å². The van der Waals surface area contributed by atoms with Crippen LogP contribution in [-0.4, -0.2) is 97.4 Å². The van der Waals surface area contributed by atoms with E-state index in [1.54, 1.807) is 0 Å². The first-order valence-corrected chi connectivity index (χ1v) is 25.9. The molecule has 0 unspecified atom stereocenters. The number of rotatable bonds is 30. The lowest BCUT2D eigenvalue weighted by Gasteiger charge is -2.31. The fourth-order valence-corrected chi connectivity index (χ4v) is 14.4. The second-order valence-electron chi connectivity index (χ2n) is 13.5. The van der Waals surface area contributed by atoms with Gasteiger partial charge in [0.1, 0.15) is 23.0 Å². The zero-order chi connectivity index (χ0) is 45.7. The van der Waals surface area contributed by atoms with Gasteiger partial charge in [0.05, 0.1) is 79.3 Å². The van der Waals surface area contributed by atoms with Gasteiger partial charge in [-0.15, -0.1) is 0 Å². The van der Waals surface area contributed by atoms with Gasteiger partial charge in [-0.3, -0.25) is 0 Å². The lowest BCUT2D eigenvalue weighted by atomic mass is 10.3. The van der Waals surface area contributed by atoms with Crippen molar-refractivity contribution in [2.45, 2.75) is 83.1 Å². The lowest BCUT2D eigenvalue weighted by molar-refractivity contribution is 0.283. The Balaban J connectivity index is 2.36. The Labute approximate surface area is 378 Å². The first-order chi connectivity index (χ1) is 30.7. The molecule has 0 aliphatic rings. The fraction of sp³-hybridized carbons (Fsp3) is 0.500. The first kappa shape index (κ1) is 50.5. The quantitative estimate of drug-likeness (QED) is 0.0508. The minimum Gasteiger partial charge on any atom is -0.494 e. The lowest BCUT2D eigenvalue weighted by Crippen LogP contribution is -2.57. The third kappa shape index (κ3) is 13.0. The highest BCUT2D eigenvalue weighted by molar-refractivity contribution is 6.93. The van der Waals surface area contributed by atoms with Gasteiger partial charge in [-0.2, -0.15) is 0 Å². The van der Waals surface area contributed by atoms with Gasteiger partial charge >= 0.3 is 0 Å². The highest BCUT2D eigenvalue weighted by atomic mass is 28.4. The molecule has 4 aromatic carbocycles. The normalized spacial score (nSPS) is 11.0. The molecule has 0 N–H and O–H groups in total. The highest BCUT2D eigenvalue weighted by Crippen LogP contribution is 2.38. The summed E-state index contributed by atoms with van der Waals surface area (Å²) in [6, 6.07) is 15.5. The van der Waals surface area contributed by atoms with E-state index in [0.29, 0.717) is 148 Å². The van der Waals surface area contributed by atoms with Gasteiger partial charge in [-0.25, -0.2) is 0 Å². The van der Waals surface area contributed by atoms with Crippen LogP contribution in [0, 0.1) is 0 Å². The van der Waals surface area contributed by atoms with Crippen LogP contribution in [-0.2, 0) is 4.12 Å². The molecule has 0 saturated heterocycles. The van der Waals surface area contributed by atoms with Gasteiger partial charge in [0.25, 0.3) is 0 Å². The summed E-state index contributed by atoms with van der Waals surface area (Å²) in [6.45, 7) is 28.0. The molecule has 0 amide bonds. The summed E-state index contributed by atoms with van der Waals surface area (Å²) < 4.78 is 84.9. The summed E-state index contributed by atoms with van der Waals surface area (Å²) in [5, 5.41) is 3.03. The molecule has 63 heavy (non-hydrogen) atoms. The van der Waals surface area contributed by atoms with E-state index in [-0.39, 0.29) is 0 Å². The largest absolute Gasteiger partial charge is 0.494 e. The van der Waals surface area contributed by atoms with Crippen LogP contribution in [0.2, 0.25) is 0 Å². The van der Waals surface area contributed by atoms with Crippen molar-refractivity contribution in [3.63, 3.8) is 0 Å². The van der Waals surface area contributed by atoms with Crippen LogP contribution in [0.3, 0.4) is 0 Å². The second-order valence-corrected chi connectivity index (χ2v) is 18.5. The molecule has 0 saturated carbocycles. The van der Waals surface area contributed by atoms with E-state index in [9.17, 15) is 0 Å². The molecule has 13 nitrogen and oxygen atoms in total. The molecule has 348 valence electrons. The Bertz CT molecular complexity index is 1730. The van der Waals surface area contributed by atoms with Crippen LogP contribution in [0.5, 0.6) is 69.0 Å². The second kappa shape index (κ2) is 26.5. The molecule has 0 atom stereocenters. The SMILES string of the molecule is CCOc1cc(OCC)c(OCC)c([SiH](O[SiH](c2cc(OCC)cc(OCC)c2OCC)c2cc(OCC)cc(OCC)c2OCC)c2cc(OCC)cc(OCC)c2OCC)c1. The van der Waals surface area contributed by atoms with Crippen molar-refractivity contribution < 1.29 is 61.0 Å². The maximum absolute atomic E-state index is 8.12. The Morgan fingerprint density at radius 3 is 0.619 bits per heavy atom. The van der Waals surface area contributed by atoms with E-state index in [2.05, 4.69) is 0 Å². The van der Waals surface area contributed by atoms with E-state index < -0.39 is 18.1 Å². The molecular formula is C48H70O13Si2. The van der Waals surface area contributed by atoms with Crippen molar-refractivity contribution in [2.75, 3.05) is 79.3 Å². The van der Waals surface area contributed by atoms with Gasteiger partial charge in [-0.1, -0.05) is 0 Å². The van der Waals surface area contributed by atoms with E-state index in [1.807, 2.05) is 132 Å². The van der Waals surface area contributed by atoms with Crippen LogP contribution in [0.15, 0.2) is 48.5 Å². The number of benzene rings is 4. The van der Waals surface area contributed by atoms with Gasteiger partial charge in [0, 0.05) is 45.0 Å². The summed E-state index contributed by atoms with van der Waals surface area (Å²) in [7, 11) is -6.39. The molecule has 15 heteroatoms. The molecule has 0 bridgehead atoms. The van der Waals surface area contributed by atoms with E-state index in [1.165, 1.54) is 0 Å². The van der Waals surface area contributed by atoms with Crippen LogP contribution in [0.25, 0.3) is 0 Å². The molecule has 0 aliphatic heterocycles. The maximum Gasteiger partial charge on any atom is 0.236 e. The summed E-state index contributed by atoms with van der Waals surface area (Å²) in [6.07, 6.45) is 0. The molecule has 0 aliphatic carbocycles. The average molecular weight is 911 g/mol. The molecule has 0 radical (unpaired) electrons. The van der Waals surface area contributed by atoms with Crippen LogP contribution in [0.1, 0.15) is 83.1 Å². The Morgan fingerprint density at radius 1 is 0.254 bits per heavy atom. The minimum atomic E-state index is -3.19. The predicted octanol–water partition coefficient (Wildman–Crippen LogP) is 6.86. The minimum absolute atomic E-state index is 0.357. The number of hydrogen-bond donors (Lipinski definition) is 0. The smallest absolute Gasteiger partial charge is 0.236 e. The van der Waals surface area contributed by atoms with Crippen LogP contribution >= 0.6 is 0 Å². The molecule has 0 fully saturated rings. The molecule has 0 spiro atoms. The monoisotopic (exact) mass is 910 g/mol. The van der Waals surface area contributed by atoms with E-state index in [4.69, 9.17) is 61.0 Å². The van der Waals surface area contributed by atoms with Gasteiger partial charge < -0.3 is 61.0 Å². The summed E-state index contributed by atoms with van der Waals surface area (Å²) >= 11 is 0. The number of ether oxygens (including phenoxy) is 12. The molecular weight excluding hydrogens is 841 g/mol. The highest BCUT2D eigenvalue weighted by Gasteiger charge is 2.39. The average Bonchev–Trinajstić information content (AvgIpc) is 3.26. The zero-order valence-corrected chi connectivity index (χ0v) is 41.9. The van der Waals surface area contributed by atoms with Crippen molar-refractivity contribution in [1.29, 1.82) is 0 Å². The fourth-order valence-electron chi connectivity index (χ4n) is 7.18. The Kier molecular flexibility index (Phi) is 21.2. The maximum atomic E-state index is 8.12. The van der Waals surface area contributed by atoms with Gasteiger partial charge in [-0.05, 0) is 107 Å². The summed E-state index contributed by atoms with van der Waals surface area (Å²) in [4.78, 5) is 0. The molecule has 4 aromatic rings. The van der Waals surface area contributed by atoms with Crippen molar-refractivity contribution in [1.82, 2.24) is 0 Å². The third-order valence-electron chi connectivity index (χ3n) is 9.23. The van der Waals surface area contributed by atoms with Crippen LogP contribution in [0.4, 0.5) is 0 Å². The van der Waals surface area contributed by atoms with Gasteiger partial charge in [0.15, 0.2) is 46.0 Å². The third-order valence-corrected chi connectivity index (χ3v) is 15.4. The van der Waals surface area contributed by atoms with Crippen LogP contribution < -0.4 is 77.6 Å². The topological polar surface area (TPSA) is 120 Å². The predicted molar refractivity (Wildman–Crippen MR) is 254 cm³/mol. The molecule has 4 rings (SSSR count). The van der Waals surface area contributed by atoms with Crippen molar-refractivity contribution in [2.24, 2.45) is 0 Å². The van der Waals surface area contributed by atoms with Gasteiger partial charge in [0.2, 0.25) is 18.1 Å². The molecule has 0 heterocycles. The molecule has 0 aromatic heterocycles. The summed E-state index contributed by atoms with van der Waals surface area (Å²) in [5.74, 6) is 6.68. The van der Waals surface area contributed by atoms with Crippen molar-refractivity contribution in [3.8, 4) is 69.0 Å². The first-order valence-electron chi connectivity index (χ1n) is 22.6. The van der Waals surface area contributed by atoms with E-state index >= 15 is 0 Å².